The molecule has 0 amide bonds. The molecule has 1 unspecified atom stereocenters. The average molecular weight is 324 g/mol. The highest BCUT2D eigenvalue weighted by molar-refractivity contribution is 5.68. The molecule has 0 bridgehead atoms. The monoisotopic (exact) mass is 324 g/mol. The topological polar surface area (TPSA) is 55.1 Å². The number of nitrogens with zero attached hydrogens (tertiary/aromatic N) is 2. The third kappa shape index (κ3) is 2.95. The van der Waals surface area contributed by atoms with Crippen molar-refractivity contribution < 1.29 is 23.1 Å². The van der Waals surface area contributed by atoms with Gasteiger partial charge in [0.15, 0.2) is 0 Å². The third-order valence-corrected chi connectivity index (χ3v) is 4.17. The number of carboxylic acid groups (broad SMARTS) is 1. The molecule has 3 rings (SSSR count). The quantitative estimate of drug-likeness (QED) is 0.934. The Morgan fingerprint density at radius 2 is 2.09 bits per heavy atom. The van der Waals surface area contributed by atoms with Gasteiger partial charge in [0.25, 0.3) is 0 Å². The van der Waals surface area contributed by atoms with E-state index >= 15 is 0 Å². The van der Waals surface area contributed by atoms with E-state index in [0.717, 1.165) is 18.1 Å². The Hall–Kier alpha value is -2.31. The Morgan fingerprint density at radius 3 is 2.78 bits per heavy atom. The lowest BCUT2D eigenvalue weighted by Crippen LogP contribution is -2.17. The van der Waals surface area contributed by atoms with E-state index in [9.17, 15) is 18.0 Å². The Labute approximate surface area is 130 Å². The predicted molar refractivity (Wildman–Crippen MR) is 76.5 cm³/mol. The third-order valence-electron chi connectivity index (χ3n) is 4.17. The molecule has 1 aliphatic rings. The fourth-order valence-electron chi connectivity index (χ4n) is 3.18. The highest BCUT2D eigenvalue weighted by atomic mass is 19.4. The second kappa shape index (κ2) is 5.72. The van der Waals surface area contributed by atoms with Crippen LogP contribution in [0.4, 0.5) is 13.2 Å². The summed E-state index contributed by atoms with van der Waals surface area (Å²) in [6.45, 7) is 0. The van der Waals surface area contributed by atoms with Crippen LogP contribution in [0.2, 0.25) is 0 Å². The van der Waals surface area contributed by atoms with Gasteiger partial charge in [0.1, 0.15) is 0 Å². The number of carboxylic acids is 1. The van der Waals surface area contributed by atoms with Crippen LogP contribution in [0.1, 0.15) is 42.0 Å². The summed E-state index contributed by atoms with van der Waals surface area (Å²) in [4.78, 5) is 11.0. The van der Waals surface area contributed by atoms with Gasteiger partial charge in [-0.2, -0.15) is 18.3 Å². The van der Waals surface area contributed by atoms with Gasteiger partial charge in [-0.1, -0.05) is 12.1 Å². The van der Waals surface area contributed by atoms with Crippen molar-refractivity contribution >= 4 is 5.97 Å². The number of para-hydroxylation sites is 1. The molecule has 122 valence electrons. The predicted octanol–water partition coefficient (Wildman–Crippen LogP) is 3.79. The van der Waals surface area contributed by atoms with Crippen molar-refractivity contribution in [2.24, 2.45) is 0 Å². The van der Waals surface area contributed by atoms with Gasteiger partial charge in [-0.25, -0.2) is 4.68 Å². The Morgan fingerprint density at radius 1 is 1.35 bits per heavy atom. The highest BCUT2D eigenvalue weighted by Crippen LogP contribution is 2.38. The van der Waals surface area contributed by atoms with E-state index in [-0.39, 0.29) is 18.0 Å². The number of halogens is 3. The summed E-state index contributed by atoms with van der Waals surface area (Å²) < 4.78 is 40.9. The molecular weight excluding hydrogens is 309 g/mol. The summed E-state index contributed by atoms with van der Waals surface area (Å²) in [7, 11) is 0. The minimum absolute atomic E-state index is 0.0165. The first-order valence-electron chi connectivity index (χ1n) is 7.33. The lowest BCUT2D eigenvalue weighted by molar-refractivity contribution is -0.138. The molecule has 23 heavy (non-hydrogen) atoms. The molecule has 2 aromatic rings. The summed E-state index contributed by atoms with van der Waals surface area (Å²) in [5, 5.41) is 13.1. The Balaban J connectivity index is 2.07. The standard InChI is InChI=1S/C16H15F3N2O2/c17-16(18,19)12-5-1-2-6-14(12)21-13-7-3-4-10(8-15(22)23)11(13)9-20-21/h1-2,5-6,9-10H,3-4,7-8H2,(H,22,23). The molecule has 1 aliphatic carbocycles. The zero-order chi connectivity index (χ0) is 16.6. The zero-order valence-corrected chi connectivity index (χ0v) is 12.2. The smallest absolute Gasteiger partial charge is 0.418 e. The normalized spacial score (nSPS) is 17.8. The van der Waals surface area contributed by atoms with Crippen molar-refractivity contribution in [3.8, 4) is 5.69 Å². The van der Waals surface area contributed by atoms with Crippen LogP contribution < -0.4 is 0 Å². The van der Waals surface area contributed by atoms with Crippen LogP contribution in [-0.4, -0.2) is 20.9 Å². The number of aliphatic carboxylic acids is 1. The van der Waals surface area contributed by atoms with Gasteiger partial charge < -0.3 is 5.11 Å². The van der Waals surface area contributed by atoms with Crippen molar-refractivity contribution in [2.75, 3.05) is 0 Å². The van der Waals surface area contributed by atoms with Crippen molar-refractivity contribution in [3.63, 3.8) is 0 Å². The SMILES string of the molecule is O=C(O)CC1CCCc2c1cnn2-c1ccccc1C(F)(F)F. The number of carbonyl (C=O) groups is 1. The average Bonchev–Trinajstić information content (AvgIpc) is 2.91. The van der Waals surface area contributed by atoms with Gasteiger partial charge in [0.05, 0.1) is 23.9 Å². The lowest BCUT2D eigenvalue weighted by Gasteiger charge is -2.22. The number of alkyl halides is 3. The molecule has 0 radical (unpaired) electrons. The van der Waals surface area contributed by atoms with Crippen LogP contribution in [0.3, 0.4) is 0 Å². The molecule has 1 aromatic carbocycles. The molecule has 4 nitrogen and oxygen atoms in total. The minimum atomic E-state index is -4.47. The number of fused-ring (bicyclic) bond motifs is 1. The fourth-order valence-corrected chi connectivity index (χ4v) is 3.18. The maximum atomic E-state index is 13.2. The first kappa shape index (κ1) is 15.6. The van der Waals surface area contributed by atoms with Gasteiger partial charge in [-0.15, -0.1) is 0 Å². The second-order valence-corrected chi connectivity index (χ2v) is 5.66. The van der Waals surface area contributed by atoms with Crippen molar-refractivity contribution in [1.82, 2.24) is 9.78 Å². The van der Waals surface area contributed by atoms with E-state index < -0.39 is 17.7 Å². The molecule has 0 saturated heterocycles. The van der Waals surface area contributed by atoms with E-state index in [1.165, 1.54) is 29.1 Å². The second-order valence-electron chi connectivity index (χ2n) is 5.66. The largest absolute Gasteiger partial charge is 0.481 e. The first-order valence-corrected chi connectivity index (χ1v) is 7.33. The van der Waals surface area contributed by atoms with Crippen molar-refractivity contribution in [2.45, 2.75) is 37.8 Å². The van der Waals surface area contributed by atoms with Crippen LogP contribution in [0.25, 0.3) is 5.69 Å². The molecule has 0 aliphatic heterocycles. The number of hydrogen-bond donors (Lipinski definition) is 1. The van der Waals surface area contributed by atoms with Crippen molar-refractivity contribution in [3.05, 3.63) is 47.3 Å². The number of aromatic nitrogens is 2. The van der Waals surface area contributed by atoms with Crippen LogP contribution >= 0.6 is 0 Å². The van der Waals surface area contributed by atoms with Crippen LogP contribution in [0.15, 0.2) is 30.5 Å². The summed E-state index contributed by atoms with van der Waals surface area (Å²) in [5.41, 5.74) is 0.665. The maximum absolute atomic E-state index is 13.2. The number of rotatable bonds is 3. The van der Waals surface area contributed by atoms with E-state index in [0.29, 0.717) is 18.5 Å². The Bertz CT molecular complexity index is 737. The molecule has 1 aromatic heterocycles. The molecular formula is C16H15F3N2O2. The molecule has 0 saturated carbocycles. The van der Waals surface area contributed by atoms with E-state index in [2.05, 4.69) is 5.10 Å². The molecule has 0 spiro atoms. The minimum Gasteiger partial charge on any atom is -0.481 e. The molecule has 0 fully saturated rings. The summed E-state index contributed by atoms with van der Waals surface area (Å²) >= 11 is 0. The molecule has 1 N–H and O–H groups in total. The lowest BCUT2D eigenvalue weighted by atomic mass is 9.85. The molecule has 1 atom stereocenters. The molecule has 1 heterocycles. The summed E-state index contributed by atoms with van der Waals surface area (Å²) in [6, 6.07) is 5.30. The molecule has 7 heteroatoms. The first-order chi connectivity index (χ1) is 10.9. The van der Waals surface area contributed by atoms with Crippen LogP contribution in [0.5, 0.6) is 0 Å². The van der Waals surface area contributed by atoms with Crippen LogP contribution in [0, 0.1) is 0 Å². The van der Waals surface area contributed by atoms with Gasteiger partial charge in [-0.05, 0) is 42.9 Å². The number of hydrogen-bond acceptors (Lipinski definition) is 2. The highest BCUT2D eigenvalue weighted by Gasteiger charge is 2.35. The maximum Gasteiger partial charge on any atom is 0.418 e. The number of benzene rings is 1. The van der Waals surface area contributed by atoms with Crippen molar-refractivity contribution in [1.29, 1.82) is 0 Å². The van der Waals surface area contributed by atoms with Gasteiger partial charge in [-0.3, -0.25) is 4.79 Å². The van der Waals surface area contributed by atoms with Gasteiger partial charge in [0.2, 0.25) is 0 Å². The van der Waals surface area contributed by atoms with Crippen LogP contribution in [-0.2, 0) is 17.4 Å². The van der Waals surface area contributed by atoms with E-state index in [1.807, 2.05) is 0 Å². The Kier molecular flexibility index (Phi) is 3.87. The van der Waals surface area contributed by atoms with Gasteiger partial charge >= 0.3 is 12.1 Å². The summed E-state index contributed by atoms with van der Waals surface area (Å²) in [5.74, 6) is -1.10. The fraction of sp³-hybridized carbons (Fsp3) is 0.375. The summed E-state index contributed by atoms with van der Waals surface area (Å²) in [6.07, 6.45) is -0.937. The van der Waals surface area contributed by atoms with E-state index in [4.69, 9.17) is 5.11 Å². The van der Waals surface area contributed by atoms with Gasteiger partial charge in [0, 0.05) is 5.69 Å². The zero-order valence-electron chi connectivity index (χ0n) is 12.2. The van der Waals surface area contributed by atoms with E-state index in [1.54, 1.807) is 0 Å².